The number of aliphatic imine (C=N–C) groups is 1. The predicted molar refractivity (Wildman–Crippen MR) is 120 cm³/mol. The lowest BCUT2D eigenvalue weighted by molar-refractivity contribution is -0.139. The van der Waals surface area contributed by atoms with Crippen LogP contribution in [0.3, 0.4) is 0 Å². The zero-order valence-electron chi connectivity index (χ0n) is 15.6. The second-order valence-electron chi connectivity index (χ2n) is 6.33. The minimum Gasteiger partial charge on any atom is -0.482 e. The molecule has 8 heteroatoms. The lowest BCUT2D eigenvalue weighted by Crippen LogP contribution is -2.09. The van der Waals surface area contributed by atoms with Gasteiger partial charge in [0.1, 0.15) is 10.8 Å². The first-order valence-corrected chi connectivity index (χ1v) is 11.6. The first-order valence-electron chi connectivity index (χ1n) is 8.94. The van der Waals surface area contributed by atoms with Crippen molar-refractivity contribution in [1.82, 2.24) is 4.98 Å². The SMILES string of the molecule is Cc1cc(Sc2cc(C3=NCCS3)cc(-c3nccs3)c2)ccc1OCC(=O)O. The summed E-state index contributed by atoms with van der Waals surface area (Å²) in [6, 6.07) is 12.3. The molecule has 0 saturated heterocycles. The Morgan fingerprint density at radius 2 is 2.07 bits per heavy atom. The number of rotatable bonds is 7. The van der Waals surface area contributed by atoms with Gasteiger partial charge in [0.2, 0.25) is 0 Å². The summed E-state index contributed by atoms with van der Waals surface area (Å²) >= 11 is 5.07. The van der Waals surface area contributed by atoms with Crippen molar-refractivity contribution in [2.24, 2.45) is 4.99 Å². The summed E-state index contributed by atoms with van der Waals surface area (Å²) < 4.78 is 5.32. The van der Waals surface area contributed by atoms with Crippen molar-refractivity contribution < 1.29 is 14.6 Å². The molecule has 1 N–H and O–H groups in total. The average molecular weight is 443 g/mol. The summed E-state index contributed by atoms with van der Waals surface area (Å²) in [5.41, 5.74) is 3.12. The number of aromatic nitrogens is 1. The van der Waals surface area contributed by atoms with Gasteiger partial charge >= 0.3 is 5.97 Å². The monoisotopic (exact) mass is 442 g/mol. The van der Waals surface area contributed by atoms with E-state index in [9.17, 15) is 4.79 Å². The summed E-state index contributed by atoms with van der Waals surface area (Å²) in [7, 11) is 0. The van der Waals surface area contributed by atoms with Crippen LogP contribution in [0.5, 0.6) is 5.75 Å². The fourth-order valence-electron chi connectivity index (χ4n) is 2.90. The van der Waals surface area contributed by atoms with E-state index in [4.69, 9.17) is 9.84 Å². The predicted octanol–water partition coefficient (Wildman–Crippen LogP) is 5.23. The molecule has 0 aliphatic carbocycles. The number of thioether (sulfide) groups is 1. The second kappa shape index (κ2) is 9.02. The molecule has 0 atom stereocenters. The molecule has 5 nitrogen and oxygen atoms in total. The van der Waals surface area contributed by atoms with Crippen molar-refractivity contribution in [2.45, 2.75) is 16.7 Å². The molecule has 3 aromatic rings. The fraction of sp³-hybridized carbons (Fsp3) is 0.190. The molecule has 29 heavy (non-hydrogen) atoms. The Morgan fingerprint density at radius 3 is 2.76 bits per heavy atom. The van der Waals surface area contributed by atoms with Gasteiger partial charge in [-0.15, -0.1) is 23.1 Å². The van der Waals surface area contributed by atoms with Gasteiger partial charge in [0, 0.05) is 44.8 Å². The number of aryl methyl sites for hydroxylation is 1. The highest BCUT2D eigenvalue weighted by Gasteiger charge is 2.14. The number of benzene rings is 2. The number of hydrogen-bond acceptors (Lipinski definition) is 7. The molecule has 0 spiro atoms. The molecule has 2 aromatic carbocycles. The maximum Gasteiger partial charge on any atom is 0.341 e. The van der Waals surface area contributed by atoms with Crippen LogP contribution in [0.2, 0.25) is 0 Å². The molecular formula is C21H18N2O3S3. The molecule has 0 bridgehead atoms. The van der Waals surface area contributed by atoms with Crippen molar-refractivity contribution in [3.63, 3.8) is 0 Å². The Hall–Kier alpha value is -2.29. The van der Waals surface area contributed by atoms with Crippen LogP contribution in [0.4, 0.5) is 0 Å². The van der Waals surface area contributed by atoms with E-state index in [1.165, 1.54) is 0 Å². The number of aliphatic carboxylic acids is 1. The first-order chi connectivity index (χ1) is 14.1. The van der Waals surface area contributed by atoms with E-state index in [2.05, 4.69) is 28.2 Å². The van der Waals surface area contributed by atoms with Gasteiger partial charge in [-0.25, -0.2) is 9.78 Å². The zero-order chi connectivity index (χ0) is 20.2. The summed E-state index contributed by atoms with van der Waals surface area (Å²) in [6.45, 7) is 2.44. The molecule has 1 aliphatic heterocycles. The van der Waals surface area contributed by atoms with Gasteiger partial charge in [-0.3, -0.25) is 4.99 Å². The first kappa shape index (κ1) is 20.0. The standard InChI is InChI=1S/C21H18N2O3S3/c1-13-8-16(2-3-18(13)26-12-19(24)25)29-17-10-14(20-22-4-6-27-20)9-15(11-17)21-23-5-7-28-21/h2-4,6,8-11H,5,7,12H2,1H3,(H,24,25). The second-order valence-corrected chi connectivity index (χ2v) is 9.46. The molecule has 0 radical (unpaired) electrons. The van der Waals surface area contributed by atoms with Crippen LogP contribution in [0, 0.1) is 6.92 Å². The van der Waals surface area contributed by atoms with E-state index in [0.717, 1.165) is 48.8 Å². The van der Waals surface area contributed by atoms with Crippen LogP contribution < -0.4 is 4.74 Å². The number of carboxylic acid groups (broad SMARTS) is 1. The van der Waals surface area contributed by atoms with Gasteiger partial charge in [-0.1, -0.05) is 11.8 Å². The highest BCUT2D eigenvalue weighted by atomic mass is 32.2. The smallest absolute Gasteiger partial charge is 0.341 e. The Labute approximate surface area is 181 Å². The molecule has 0 fully saturated rings. The number of nitrogens with zero attached hydrogens (tertiary/aromatic N) is 2. The van der Waals surface area contributed by atoms with Gasteiger partial charge < -0.3 is 9.84 Å². The minimum atomic E-state index is -0.984. The van der Waals surface area contributed by atoms with E-state index in [0.29, 0.717) is 5.75 Å². The molecule has 2 heterocycles. The van der Waals surface area contributed by atoms with Crippen molar-refractivity contribution in [3.8, 4) is 16.3 Å². The highest BCUT2D eigenvalue weighted by molar-refractivity contribution is 8.14. The Bertz CT molecular complexity index is 1070. The van der Waals surface area contributed by atoms with E-state index in [1.807, 2.05) is 36.7 Å². The summed E-state index contributed by atoms with van der Waals surface area (Å²) in [5, 5.41) is 12.8. The van der Waals surface area contributed by atoms with Crippen LogP contribution in [-0.2, 0) is 4.79 Å². The molecule has 148 valence electrons. The zero-order valence-corrected chi connectivity index (χ0v) is 18.1. The van der Waals surface area contributed by atoms with Crippen LogP contribution >= 0.6 is 34.9 Å². The van der Waals surface area contributed by atoms with Gasteiger partial charge in [-0.2, -0.15) is 0 Å². The van der Waals surface area contributed by atoms with E-state index in [-0.39, 0.29) is 6.61 Å². The third kappa shape index (κ3) is 5.01. The highest BCUT2D eigenvalue weighted by Crippen LogP contribution is 2.36. The van der Waals surface area contributed by atoms with E-state index < -0.39 is 5.97 Å². The molecule has 0 amide bonds. The summed E-state index contributed by atoms with van der Waals surface area (Å²) in [6.07, 6.45) is 1.82. The van der Waals surface area contributed by atoms with Crippen molar-refractivity contribution >= 4 is 45.9 Å². The summed E-state index contributed by atoms with van der Waals surface area (Å²) in [5.74, 6) is 0.629. The van der Waals surface area contributed by atoms with Crippen molar-refractivity contribution in [1.29, 1.82) is 0 Å². The van der Waals surface area contributed by atoms with Gasteiger partial charge in [-0.05, 0) is 48.9 Å². The molecule has 1 aliphatic rings. The van der Waals surface area contributed by atoms with E-state index >= 15 is 0 Å². The van der Waals surface area contributed by atoms with Crippen molar-refractivity contribution in [3.05, 3.63) is 59.1 Å². The maximum atomic E-state index is 10.7. The van der Waals surface area contributed by atoms with Crippen LogP contribution in [0.1, 0.15) is 11.1 Å². The quantitative estimate of drug-likeness (QED) is 0.540. The van der Waals surface area contributed by atoms with Gasteiger partial charge in [0.05, 0.1) is 5.04 Å². The van der Waals surface area contributed by atoms with E-state index in [1.54, 1.807) is 34.9 Å². The average Bonchev–Trinajstić information content (AvgIpc) is 3.41. The third-order valence-corrected chi connectivity index (χ3v) is 6.96. The topological polar surface area (TPSA) is 71.8 Å². The molecule has 1 aromatic heterocycles. The number of carboxylic acids is 1. The number of thiazole rings is 1. The lowest BCUT2D eigenvalue weighted by Gasteiger charge is -2.11. The number of hydrogen-bond donors (Lipinski definition) is 1. The van der Waals surface area contributed by atoms with Gasteiger partial charge in [0.25, 0.3) is 0 Å². The van der Waals surface area contributed by atoms with Crippen molar-refractivity contribution in [2.75, 3.05) is 18.9 Å². The Kier molecular flexibility index (Phi) is 6.22. The molecule has 0 unspecified atom stereocenters. The maximum absolute atomic E-state index is 10.7. The van der Waals surface area contributed by atoms with Crippen LogP contribution in [0.25, 0.3) is 10.6 Å². The molecule has 4 rings (SSSR count). The van der Waals surface area contributed by atoms with Gasteiger partial charge in [0.15, 0.2) is 6.61 Å². The largest absolute Gasteiger partial charge is 0.482 e. The summed E-state index contributed by atoms with van der Waals surface area (Å²) in [4.78, 5) is 22.0. The number of carbonyl (C=O) groups is 1. The van der Waals surface area contributed by atoms with Crippen LogP contribution in [0.15, 0.2) is 62.8 Å². The Morgan fingerprint density at radius 1 is 1.21 bits per heavy atom. The normalized spacial score (nSPS) is 13.3. The molecule has 0 saturated carbocycles. The minimum absolute atomic E-state index is 0.341. The third-order valence-electron chi connectivity index (χ3n) is 4.15. The molecular weight excluding hydrogens is 424 g/mol. The lowest BCUT2D eigenvalue weighted by atomic mass is 10.1. The Balaban J connectivity index is 1.62. The number of ether oxygens (including phenoxy) is 1. The fourth-order valence-corrected chi connectivity index (χ4v) is 5.39. The van der Waals surface area contributed by atoms with Crippen LogP contribution in [-0.4, -0.2) is 40.0 Å².